The molecule has 1 unspecified atom stereocenters. The van der Waals surface area contributed by atoms with Crippen molar-refractivity contribution in [3.63, 3.8) is 0 Å². The molecule has 1 aliphatic rings. The first kappa shape index (κ1) is 14.4. The van der Waals surface area contributed by atoms with E-state index >= 15 is 0 Å². The van der Waals surface area contributed by atoms with E-state index in [1.165, 1.54) is 0 Å². The van der Waals surface area contributed by atoms with Crippen LogP contribution in [0.5, 0.6) is 0 Å². The number of benzene rings is 1. The Hall–Kier alpha value is -2.50. The molecule has 2 aromatic rings. The number of hydrogen-bond acceptors (Lipinski definition) is 2. The normalized spacial score (nSPS) is 18.4. The molecule has 3 rings (SSSR count). The molecule has 6 nitrogen and oxygen atoms in total. The lowest BCUT2D eigenvalue weighted by Gasteiger charge is -2.30. The van der Waals surface area contributed by atoms with Crippen molar-refractivity contribution in [2.75, 3.05) is 18.4 Å². The SMILES string of the molecule is Cn1ccc2ccc(NC(=O)N3CCCC(C(=O)O)C3)cc21. The highest BCUT2D eigenvalue weighted by molar-refractivity contribution is 5.93. The van der Waals surface area contributed by atoms with E-state index in [0.717, 1.165) is 23.0 Å². The number of aryl methyl sites for hydroxylation is 1. The van der Waals surface area contributed by atoms with Crippen LogP contribution in [0.1, 0.15) is 12.8 Å². The lowest BCUT2D eigenvalue weighted by Crippen LogP contribution is -2.44. The predicted octanol–water partition coefficient (Wildman–Crippen LogP) is 2.51. The van der Waals surface area contributed by atoms with Crippen LogP contribution >= 0.6 is 0 Å². The van der Waals surface area contributed by atoms with Crippen molar-refractivity contribution in [1.82, 2.24) is 9.47 Å². The summed E-state index contributed by atoms with van der Waals surface area (Å²) in [6.45, 7) is 0.871. The zero-order valence-corrected chi connectivity index (χ0v) is 12.5. The fourth-order valence-electron chi connectivity index (χ4n) is 2.91. The highest BCUT2D eigenvalue weighted by Crippen LogP contribution is 2.21. The maximum Gasteiger partial charge on any atom is 0.321 e. The lowest BCUT2D eigenvalue weighted by atomic mass is 9.99. The number of anilines is 1. The van der Waals surface area contributed by atoms with Gasteiger partial charge in [0.2, 0.25) is 0 Å². The monoisotopic (exact) mass is 301 g/mol. The summed E-state index contributed by atoms with van der Waals surface area (Å²) in [5.74, 6) is -1.29. The van der Waals surface area contributed by atoms with Crippen LogP contribution in [0.25, 0.3) is 10.9 Å². The van der Waals surface area contributed by atoms with Crippen molar-refractivity contribution in [2.24, 2.45) is 13.0 Å². The van der Waals surface area contributed by atoms with E-state index in [-0.39, 0.29) is 12.6 Å². The van der Waals surface area contributed by atoms with Crippen LogP contribution in [0, 0.1) is 5.92 Å². The zero-order chi connectivity index (χ0) is 15.7. The summed E-state index contributed by atoms with van der Waals surface area (Å²) < 4.78 is 1.99. The molecule has 6 heteroatoms. The van der Waals surface area contributed by atoms with Gasteiger partial charge in [-0.15, -0.1) is 0 Å². The molecule has 1 aromatic heterocycles. The topological polar surface area (TPSA) is 74.6 Å². The number of aliphatic carboxylic acids is 1. The van der Waals surface area contributed by atoms with Gasteiger partial charge in [0.15, 0.2) is 0 Å². The number of likely N-dealkylation sites (tertiary alicyclic amines) is 1. The third-order valence-electron chi connectivity index (χ3n) is 4.20. The first-order valence-electron chi connectivity index (χ1n) is 7.38. The van der Waals surface area contributed by atoms with Gasteiger partial charge >= 0.3 is 12.0 Å². The number of aromatic nitrogens is 1. The summed E-state index contributed by atoms with van der Waals surface area (Å²) in [4.78, 5) is 25.0. The largest absolute Gasteiger partial charge is 0.481 e. The van der Waals surface area contributed by atoms with Crippen LogP contribution in [0.2, 0.25) is 0 Å². The minimum absolute atomic E-state index is 0.237. The van der Waals surface area contributed by atoms with E-state index in [0.29, 0.717) is 13.0 Å². The molecule has 0 aliphatic carbocycles. The predicted molar refractivity (Wildman–Crippen MR) is 83.9 cm³/mol. The highest BCUT2D eigenvalue weighted by Gasteiger charge is 2.28. The number of nitrogens with one attached hydrogen (secondary N) is 1. The van der Waals surface area contributed by atoms with E-state index in [2.05, 4.69) is 5.32 Å². The number of piperidine rings is 1. The highest BCUT2D eigenvalue weighted by atomic mass is 16.4. The molecule has 2 amide bonds. The van der Waals surface area contributed by atoms with E-state index in [1.54, 1.807) is 4.90 Å². The second-order valence-electron chi connectivity index (χ2n) is 5.75. The third-order valence-corrected chi connectivity index (χ3v) is 4.20. The molecule has 2 N–H and O–H groups in total. The fraction of sp³-hybridized carbons (Fsp3) is 0.375. The van der Waals surface area contributed by atoms with Crippen molar-refractivity contribution in [2.45, 2.75) is 12.8 Å². The van der Waals surface area contributed by atoms with Crippen LogP contribution in [-0.4, -0.2) is 39.7 Å². The van der Waals surface area contributed by atoms with Gasteiger partial charge in [-0.2, -0.15) is 0 Å². The summed E-state index contributed by atoms with van der Waals surface area (Å²) in [5.41, 5.74) is 1.76. The molecule has 2 heterocycles. The van der Waals surface area contributed by atoms with Gasteiger partial charge < -0.3 is 19.9 Å². The minimum atomic E-state index is -0.831. The molecule has 1 fully saturated rings. The molecule has 1 atom stereocenters. The molecule has 1 aliphatic heterocycles. The Bertz CT molecular complexity index is 722. The first-order valence-corrected chi connectivity index (χ1v) is 7.38. The van der Waals surface area contributed by atoms with Crippen LogP contribution in [-0.2, 0) is 11.8 Å². The van der Waals surface area contributed by atoms with E-state index in [4.69, 9.17) is 5.11 Å². The molecule has 22 heavy (non-hydrogen) atoms. The molecule has 0 radical (unpaired) electrons. The molecule has 1 saturated heterocycles. The van der Waals surface area contributed by atoms with Gasteiger partial charge in [-0.25, -0.2) is 4.79 Å². The van der Waals surface area contributed by atoms with Gasteiger partial charge in [0.25, 0.3) is 0 Å². The average molecular weight is 301 g/mol. The number of carboxylic acids is 1. The number of carbonyl (C=O) groups excluding carboxylic acids is 1. The van der Waals surface area contributed by atoms with Gasteiger partial charge in [0.1, 0.15) is 0 Å². The number of hydrogen-bond donors (Lipinski definition) is 2. The van der Waals surface area contributed by atoms with E-state index in [1.807, 2.05) is 42.1 Å². The summed E-state index contributed by atoms with van der Waals surface area (Å²) >= 11 is 0. The van der Waals surface area contributed by atoms with Crippen LogP contribution < -0.4 is 5.32 Å². The lowest BCUT2D eigenvalue weighted by molar-refractivity contribution is -0.143. The Morgan fingerprint density at radius 1 is 1.32 bits per heavy atom. The fourth-order valence-corrected chi connectivity index (χ4v) is 2.91. The average Bonchev–Trinajstić information content (AvgIpc) is 2.88. The number of amides is 2. The van der Waals surface area contributed by atoms with E-state index < -0.39 is 11.9 Å². The molecule has 1 aromatic carbocycles. The first-order chi connectivity index (χ1) is 10.5. The van der Waals surface area contributed by atoms with Crippen molar-refractivity contribution in [1.29, 1.82) is 0 Å². The Balaban J connectivity index is 1.72. The van der Waals surface area contributed by atoms with Crippen LogP contribution in [0.15, 0.2) is 30.5 Å². The summed E-state index contributed by atoms with van der Waals surface area (Å²) in [7, 11) is 1.95. The van der Waals surface area contributed by atoms with Crippen molar-refractivity contribution >= 4 is 28.6 Å². The Labute approximate surface area is 128 Å². The van der Waals surface area contributed by atoms with Gasteiger partial charge in [0, 0.05) is 37.5 Å². The quantitative estimate of drug-likeness (QED) is 0.895. The summed E-state index contributed by atoms with van der Waals surface area (Å²) in [5, 5.41) is 13.1. The second-order valence-corrected chi connectivity index (χ2v) is 5.75. The second kappa shape index (κ2) is 5.71. The number of fused-ring (bicyclic) bond motifs is 1. The number of urea groups is 1. The zero-order valence-electron chi connectivity index (χ0n) is 12.5. The number of nitrogens with zero attached hydrogens (tertiary/aromatic N) is 2. The summed E-state index contributed by atoms with van der Waals surface area (Å²) in [6, 6.07) is 7.52. The van der Waals surface area contributed by atoms with Crippen molar-refractivity contribution < 1.29 is 14.7 Å². The van der Waals surface area contributed by atoms with Gasteiger partial charge in [0.05, 0.1) is 5.92 Å². The van der Waals surface area contributed by atoms with Gasteiger partial charge in [-0.05, 0) is 36.4 Å². The van der Waals surface area contributed by atoms with Gasteiger partial charge in [-0.1, -0.05) is 6.07 Å². The Kier molecular flexibility index (Phi) is 3.75. The van der Waals surface area contributed by atoms with E-state index in [9.17, 15) is 9.59 Å². The number of rotatable bonds is 2. The molecule has 116 valence electrons. The molecular weight excluding hydrogens is 282 g/mol. The summed E-state index contributed by atoms with van der Waals surface area (Å²) in [6.07, 6.45) is 3.33. The molecular formula is C16H19N3O3. The number of carbonyl (C=O) groups is 2. The number of carboxylic acid groups (broad SMARTS) is 1. The Morgan fingerprint density at radius 2 is 2.14 bits per heavy atom. The minimum Gasteiger partial charge on any atom is -0.481 e. The molecule has 0 bridgehead atoms. The van der Waals surface area contributed by atoms with Crippen molar-refractivity contribution in [3.05, 3.63) is 30.5 Å². The smallest absolute Gasteiger partial charge is 0.321 e. The third kappa shape index (κ3) is 2.77. The molecule has 0 saturated carbocycles. The van der Waals surface area contributed by atoms with Crippen molar-refractivity contribution in [3.8, 4) is 0 Å². The van der Waals surface area contributed by atoms with Crippen LogP contribution in [0.3, 0.4) is 0 Å². The standard InChI is InChI=1S/C16H19N3O3/c1-18-8-6-11-4-5-13(9-14(11)18)17-16(22)19-7-2-3-12(10-19)15(20)21/h4-6,8-9,12H,2-3,7,10H2,1H3,(H,17,22)(H,20,21). The van der Waals surface area contributed by atoms with Crippen LogP contribution in [0.4, 0.5) is 10.5 Å². The van der Waals surface area contributed by atoms with Gasteiger partial charge in [-0.3, -0.25) is 4.79 Å². The molecule has 0 spiro atoms. The Morgan fingerprint density at radius 3 is 2.91 bits per heavy atom. The maximum absolute atomic E-state index is 12.3. The maximum atomic E-state index is 12.3.